The first-order valence-corrected chi connectivity index (χ1v) is 10.7. The molecule has 0 aromatic heterocycles. The molecule has 0 aliphatic heterocycles. The average Bonchev–Trinajstić information content (AvgIpc) is 2.63. The van der Waals surface area contributed by atoms with Gasteiger partial charge < -0.3 is 10.1 Å². The predicted molar refractivity (Wildman–Crippen MR) is 108 cm³/mol. The van der Waals surface area contributed by atoms with E-state index in [1.54, 1.807) is 12.1 Å². The minimum absolute atomic E-state index is 0.269. The molecule has 0 saturated carbocycles. The molecule has 146 valence electrons. The van der Waals surface area contributed by atoms with Crippen molar-refractivity contribution in [1.82, 2.24) is 5.32 Å². The van der Waals surface area contributed by atoms with Crippen molar-refractivity contribution in [2.24, 2.45) is 0 Å². The number of carbonyl (C=O) groups excluding carboxylic acids is 1. The minimum atomic E-state index is -3.57. The van der Waals surface area contributed by atoms with Gasteiger partial charge in [-0.25, -0.2) is 8.42 Å². The summed E-state index contributed by atoms with van der Waals surface area (Å²) in [5.41, 5.74) is 2.52. The first-order chi connectivity index (χ1) is 12.8. The van der Waals surface area contributed by atoms with Gasteiger partial charge in [-0.2, -0.15) is 0 Å². The minimum Gasteiger partial charge on any atom is -0.492 e. The van der Waals surface area contributed by atoms with Crippen molar-refractivity contribution in [3.8, 4) is 5.75 Å². The number of anilines is 1. The maximum absolute atomic E-state index is 12.2. The summed E-state index contributed by atoms with van der Waals surface area (Å²) in [4.78, 5) is 12.2. The SMILES string of the molecule is CCc1ccc(OCCNC(=O)CN(c2ccccc2C)S(C)(=O)=O)cc1. The van der Waals surface area contributed by atoms with Gasteiger partial charge in [-0.15, -0.1) is 0 Å². The van der Waals surface area contributed by atoms with Crippen molar-refractivity contribution in [2.75, 3.05) is 30.3 Å². The van der Waals surface area contributed by atoms with Crippen molar-refractivity contribution in [1.29, 1.82) is 0 Å². The van der Waals surface area contributed by atoms with Crippen LogP contribution in [0.4, 0.5) is 5.69 Å². The van der Waals surface area contributed by atoms with E-state index in [4.69, 9.17) is 4.74 Å². The van der Waals surface area contributed by atoms with Crippen LogP contribution in [0.15, 0.2) is 48.5 Å². The van der Waals surface area contributed by atoms with Gasteiger partial charge in [0.05, 0.1) is 18.5 Å². The Morgan fingerprint density at radius 2 is 1.78 bits per heavy atom. The standard InChI is InChI=1S/C20H26N2O4S/c1-4-17-9-11-18(12-10-17)26-14-13-21-20(23)15-22(27(3,24)25)19-8-6-5-7-16(19)2/h5-12H,4,13-15H2,1-3H3,(H,21,23). The van der Waals surface area contributed by atoms with Crippen LogP contribution in [0.3, 0.4) is 0 Å². The van der Waals surface area contributed by atoms with Gasteiger partial charge in [-0.05, 0) is 42.7 Å². The van der Waals surface area contributed by atoms with Gasteiger partial charge >= 0.3 is 0 Å². The molecule has 0 aliphatic carbocycles. The predicted octanol–water partition coefficient (Wildman–Crippen LogP) is 2.52. The highest BCUT2D eigenvalue weighted by Crippen LogP contribution is 2.21. The molecule has 1 N–H and O–H groups in total. The third-order valence-electron chi connectivity index (χ3n) is 4.10. The van der Waals surface area contributed by atoms with Crippen molar-refractivity contribution >= 4 is 21.6 Å². The Balaban J connectivity index is 1.88. The van der Waals surface area contributed by atoms with E-state index < -0.39 is 10.0 Å². The molecule has 0 saturated heterocycles. The lowest BCUT2D eigenvalue weighted by molar-refractivity contribution is -0.119. The van der Waals surface area contributed by atoms with Crippen LogP contribution < -0.4 is 14.4 Å². The van der Waals surface area contributed by atoms with E-state index in [9.17, 15) is 13.2 Å². The first kappa shape index (κ1) is 20.8. The second-order valence-corrected chi connectivity index (χ2v) is 8.16. The number of ether oxygens (including phenoxy) is 1. The van der Waals surface area contributed by atoms with Gasteiger partial charge in [-0.3, -0.25) is 9.10 Å². The highest BCUT2D eigenvalue weighted by molar-refractivity contribution is 7.92. The molecule has 0 atom stereocenters. The van der Waals surface area contributed by atoms with Gasteiger partial charge in [0.2, 0.25) is 15.9 Å². The van der Waals surface area contributed by atoms with Crippen LogP contribution in [0, 0.1) is 6.92 Å². The van der Waals surface area contributed by atoms with Crippen molar-refractivity contribution < 1.29 is 17.9 Å². The number of sulfonamides is 1. The molecule has 0 fully saturated rings. The van der Waals surface area contributed by atoms with E-state index in [1.165, 1.54) is 5.56 Å². The molecule has 6 nitrogen and oxygen atoms in total. The van der Waals surface area contributed by atoms with E-state index in [2.05, 4.69) is 12.2 Å². The Kier molecular flexibility index (Phi) is 7.24. The maximum atomic E-state index is 12.2. The Morgan fingerprint density at radius 3 is 2.37 bits per heavy atom. The van der Waals surface area contributed by atoms with Gasteiger partial charge in [0.25, 0.3) is 0 Å². The number of nitrogens with one attached hydrogen (secondary N) is 1. The number of hydrogen-bond donors (Lipinski definition) is 1. The zero-order valence-corrected chi connectivity index (χ0v) is 16.8. The molecule has 0 heterocycles. The third-order valence-corrected chi connectivity index (χ3v) is 5.22. The molecular weight excluding hydrogens is 364 g/mol. The quantitative estimate of drug-likeness (QED) is 0.668. The monoisotopic (exact) mass is 390 g/mol. The number of aryl methyl sites for hydroxylation is 2. The highest BCUT2D eigenvalue weighted by Gasteiger charge is 2.21. The second kappa shape index (κ2) is 9.41. The molecule has 2 aromatic carbocycles. The second-order valence-electron chi connectivity index (χ2n) is 6.25. The summed E-state index contributed by atoms with van der Waals surface area (Å²) in [5.74, 6) is 0.354. The zero-order chi connectivity index (χ0) is 19.9. The lowest BCUT2D eigenvalue weighted by Crippen LogP contribution is -2.41. The molecular formula is C20H26N2O4S. The molecule has 2 aromatic rings. The van der Waals surface area contributed by atoms with Crippen molar-refractivity contribution in [2.45, 2.75) is 20.3 Å². The Bertz CT molecular complexity index is 864. The van der Waals surface area contributed by atoms with Crippen molar-refractivity contribution in [3.63, 3.8) is 0 Å². The molecule has 0 radical (unpaired) electrons. The largest absolute Gasteiger partial charge is 0.492 e. The fourth-order valence-corrected chi connectivity index (χ4v) is 3.51. The van der Waals surface area contributed by atoms with Gasteiger partial charge in [0.15, 0.2) is 0 Å². The number of para-hydroxylation sites is 1. The van der Waals surface area contributed by atoms with E-state index in [1.807, 2.05) is 43.3 Å². The summed E-state index contributed by atoms with van der Waals surface area (Å²) in [6.45, 7) is 4.22. The van der Waals surface area contributed by atoms with E-state index in [-0.39, 0.29) is 12.5 Å². The van der Waals surface area contributed by atoms with Crippen LogP contribution in [-0.2, 0) is 21.2 Å². The fourth-order valence-electron chi connectivity index (χ4n) is 2.59. The summed E-state index contributed by atoms with van der Waals surface area (Å²) in [6.07, 6.45) is 2.06. The average molecular weight is 391 g/mol. The number of rotatable bonds is 9. The number of amides is 1. The number of benzene rings is 2. The smallest absolute Gasteiger partial charge is 0.240 e. The molecule has 1 amide bonds. The third kappa shape index (κ3) is 6.29. The Hall–Kier alpha value is -2.54. The molecule has 2 rings (SSSR count). The first-order valence-electron chi connectivity index (χ1n) is 8.83. The number of nitrogens with zero attached hydrogens (tertiary/aromatic N) is 1. The summed E-state index contributed by atoms with van der Waals surface area (Å²) >= 11 is 0. The molecule has 0 aliphatic rings. The molecule has 0 spiro atoms. The van der Waals surface area contributed by atoms with E-state index in [0.717, 1.165) is 28.3 Å². The normalized spacial score (nSPS) is 11.1. The summed E-state index contributed by atoms with van der Waals surface area (Å²) in [7, 11) is -3.57. The fraction of sp³-hybridized carbons (Fsp3) is 0.350. The number of hydrogen-bond acceptors (Lipinski definition) is 4. The van der Waals surface area contributed by atoms with Crippen LogP contribution in [0.25, 0.3) is 0 Å². The zero-order valence-electron chi connectivity index (χ0n) is 15.9. The van der Waals surface area contributed by atoms with Crippen LogP contribution in [0.5, 0.6) is 5.75 Å². The molecule has 0 unspecified atom stereocenters. The van der Waals surface area contributed by atoms with Gasteiger partial charge in [0, 0.05) is 0 Å². The highest BCUT2D eigenvalue weighted by atomic mass is 32.2. The molecule has 27 heavy (non-hydrogen) atoms. The number of carbonyl (C=O) groups is 1. The van der Waals surface area contributed by atoms with Crippen LogP contribution in [0.2, 0.25) is 0 Å². The summed E-state index contributed by atoms with van der Waals surface area (Å²) in [6, 6.07) is 14.9. The van der Waals surface area contributed by atoms with Crippen LogP contribution >= 0.6 is 0 Å². The van der Waals surface area contributed by atoms with E-state index >= 15 is 0 Å². The maximum Gasteiger partial charge on any atom is 0.240 e. The lowest BCUT2D eigenvalue weighted by atomic mass is 10.2. The Morgan fingerprint density at radius 1 is 1.11 bits per heavy atom. The summed E-state index contributed by atoms with van der Waals surface area (Å²) in [5, 5.41) is 2.70. The van der Waals surface area contributed by atoms with Crippen LogP contribution in [-0.4, -0.2) is 40.3 Å². The molecule has 7 heteroatoms. The topological polar surface area (TPSA) is 75.7 Å². The van der Waals surface area contributed by atoms with Crippen molar-refractivity contribution in [3.05, 3.63) is 59.7 Å². The van der Waals surface area contributed by atoms with Crippen LogP contribution in [0.1, 0.15) is 18.1 Å². The van der Waals surface area contributed by atoms with Gasteiger partial charge in [-0.1, -0.05) is 37.3 Å². The lowest BCUT2D eigenvalue weighted by Gasteiger charge is -2.23. The molecule has 0 bridgehead atoms. The van der Waals surface area contributed by atoms with E-state index in [0.29, 0.717) is 18.8 Å². The summed E-state index contributed by atoms with van der Waals surface area (Å²) < 4.78 is 30.9. The van der Waals surface area contributed by atoms with Gasteiger partial charge in [0.1, 0.15) is 18.9 Å². The Labute approximate surface area is 161 Å².